The lowest BCUT2D eigenvalue weighted by Crippen LogP contribution is -2.04. The van der Waals surface area contributed by atoms with E-state index < -0.39 is 5.82 Å². The topological polar surface area (TPSA) is 30.7 Å². The Labute approximate surface area is 125 Å². The van der Waals surface area contributed by atoms with Gasteiger partial charge < -0.3 is 4.57 Å². The van der Waals surface area contributed by atoms with Crippen LogP contribution in [-0.4, -0.2) is 14.5 Å². The first kappa shape index (κ1) is 13.3. The molecule has 0 bridgehead atoms. The molecule has 0 atom stereocenters. The Kier molecular flexibility index (Phi) is 3.59. The molecule has 6 heteroatoms. The van der Waals surface area contributed by atoms with E-state index in [-0.39, 0.29) is 10.9 Å². The van der Waals surface area contributed by atoms with Crippen molar-refractivity contribution in [1.82, 2.24) is 14.5 Å². The number of fused-ring (bicyclic) bond motifs is 1. The van der Waals surface area contributed by atoms with Gasteiger partial charge in [0.2, 0.25) is 0 Å². The van der Waals surface area contributed by atoms with E-state index in [0.717, 1.165) is 22.6 Å². The first-order valence-electron chi connectivity index (χ1n) is 5.99. The lowest BCUT2D eigenvalue weighted by molar-refractivity contribution is 0.626. The Morgan fingerprint density at radius 1 is 1.25 bits per heavy atom. The Hall–Kier alpha value is -1.65. The summed E-state index contributed by atoms with van der Waals surface area (Å²) < 4.78 is 15.1. The number of hydrogen-bond acceptors (Lipinski definition) is 2. The SMILES string of the molecule is Fc1ccc(Cn2c(CCl)nc3cccnc32)cc1Cl. The third-order valence-electron chi connectivity index (χ3n) is 3.03. The summed E-state index contributed by atoms with van der Waals surface area (Å²) in [6, 6.07) is 8.35. The molecule has 0 aliphatic heterocycles. The van der Waals surface area contributed by atoms with Crippen LogP contribution < -0.4 is 0 Å². The maximum atomic E-state index is 13.2. The number of pyridine rings is 1. The zero-order chi connectivity index (χ0) is 14.1. The minimum Gasteiger partial charge on any atom is -0.307 e. The highest BCUT2D eigenvalue weighted by Crippen LogP contribution is 2.20. The van der Waals surface area contributed by atoms with Gasteiger partial charge in [-0.2, -0.15) is 0 Å². The van der Waals surface area contributed by atoms with Gasteiger partial charge in [-0.1, -0.05) is 17.7 Å². The van der Waals surface area contributed by atoms with Crippen LogP contribution in [0.25, 0.3) is 11.2 Å². The average Bonchev–Trinajstić information content (AvgIpc) is 2.81. The van der Waals surface area contributed by atoms with Gasteiger partial charge in [-0.05, 0) is 29.8 Å². The first-order chi connectivity index (χ1) is 9.69. The second-order valence-corrected chi connectivity index (χ2v) is 5.02. The molecule has 0 aliphatic rings. The molecule has 0 unspecified atom stereocenters. The van der Waals surface area contributed by atoms with E-state index in [2.05, 4.69) is 9.97 Å². The summed E-state index contributed by atoms with van der Waals surface area (Å²) in [5, 5.41) is 0.104. The molecule has 0 aliphatic carbocycles. The Bertz CT molecular complexity index is 770. The minimum atomic E-state index is -0.429. The molecule has 0 N–H and O–H groups in total. The fraction of sp³-hybridized carbons (Fsp3) is 0.143. The van der Waals surface area contributed by atoms with Crippen LogP contribution in [-0.2, 0) is 12.4 Å². The summed E-state index contributed by atoms with van der Waals surface area (Å²) >= 11 is 11.7. The molecule has 20 heavy (non-hydrogen) atoms. The molecule has 3 aromatic rings. The number of halogens is 3. The quantitative estimate of drug-likeness (QED) is 0.684. The van der Waals surface area contributed by atoms with Crippen molar-refractivity contribution in [2.24, 2.45) is 0 Å². The van der Waals surface area contributed by atoms with Gasteiger partial charge in [0.25, 0.3) is 0 Å². The number of nitrogens with zero attached hydrogens (tertiary/aromatic N) is 3. The molecule has 0 saturated carbocycles. The number of imidazole rings is 1. The van der Waals surface area contributed by atoms with Gasteiger partial charge in [0, 0.05) is 6.20 Å². The van der Waals surface area contributed by atoms with Gasteiger partial charge in [0.15, 0.2) is 5.65 Å². The van der Waals surface area contributed by atoms with Crippen molar-refractivity contribution in [2.45, 2.75) is 12.4 Å². The monoisotopic (exact) mass is 309 g/mol. The van der Waals surface area contributed by atoms with E-state index in [1.165, 1.54) is 6.07 Å². The lowest BCUT2D eigenvalue weighted by Gasteiger charge is -2.08. The average molecular weight is 310 g/mol. The van der Waals surface area contributed by atoms with E-state index in [9.17, 15) is 4.39 Å². The maximum Gasteiger partial charge on any atom is 0.160 e. The highest BCUT2D eigenvalue weighted by Gasteiger charge is 2.11. The van der Waals surface area contributed by atoms with Gasteiger partial charge in [0.05, 0.1) is 17.4 Å². The summed E-state index contributed by atoms with van der Waals surface area (Å²) in [7, 11) is 0. The van der Waals surface area contributed by atoms with Crippen LogP contribution in [0, 0.1) is 5.82 Å². The van der Waals surface area contributed by atoms with Crippen LogP contribution in [0.5, 0.6) is 0 Å². The van der Waals surface area contributed by atoms with E-state index in [0.29, 0.717) is 6.54 Å². The molecule has 0 saturated heterocycles. The summed E-state index contributed by atoms with van der Waals surface area (Å²) in [5.74, 6) is 0.577. The van der Waals surface area contributed by atoms with Crippen molar-refractivity contribution in [1.29, 1.82) is 0 Å². The van der Waals surface area contributed by atoms with Crippen LogP contribution in [0.15, 0.2) is 36.5 Å². The number of hydrogen-bond donors (Lipinski definition) is 0. The molecule has 2 aromatic heterocycles. The number of aromatic nitrogens is 3. The molecule has 0 amide bonds. The zero-order valence-electron chi connectivity index (χ0n) is 10.4. The first-order valence-corrected chi connectivity index (χ1v) is 6.90. The summed E-state index contributed by atoms with van der Waals surface area (Å²) in [6.45, 7) is 0.496. The molecular weight excluding hydrogens is 300 g/mol. The van der Waals surface area contributed by atoms with Crippen molar-refractivity contribution >= 4 is 34.4 Å². The van der Waals surface area contributed by atoms with Crippen LogP contribution in [0.2, 0.25) is 5.02 Å². The number of alkyl halides is 1. The Balaban J connectivity index is 2.07. The fourth-order valence-corrected chi connectivity index (χ4v) is 2.50. The van der Waals surface area contributed by atoms with Gasteiger partial charge in [0.1, 0.15) is 17.2 Å². The highest BCUT2D eigenvalue weighted by molar-refractivity contribution is 6.30. The molecule has 0 fully saturated rings. The molecule has 0 radical (unpaired) electrons. The van der Waals surface area contributed by atoms with Gasteiger partial charge >= 0.3 is 0 Å². The molecular formula is C14H10Cl2FN3. The predicted molar refractivity (Wildman–Crippen MR) is 77.6 cm³/mol. The second kappa shape index (κ2) is 5.38. The third kappa shape index (κ3) is 2.37. The predicted octanol–water partition coefficient (Wildman–Crippen LogP) is 4.01. The minimum absolute atomic E-state index is 0.104. The number of rotatable bonds is 3. The zero-order valence-corrected chi connectivity index (χ0v) is 11.9. The summed E-state index contributed by atoms with van der Waals surface area (Å²) in [6.07, 6.45) is 1.70. The molecule has 3 nitrogen and oxygen atoms in total. The standard InChI is InChI=1S/C14H10Cl2FN3/c15-7-13-19-12-2-1-5-18-14(12)20(13)8-9-3-4-11(17)10(16)6-9/h1-6H,7-8H2. The van der Waals surface area contributed by atoms with E-state index in [1.807, 2.05) is 16.7 Å². The fourth-order valence-electron chi connectivity index (χ4n) is 2.09. The van der Waals surface area contributed by atoms with Crippen molar-refractivity contribution in [3.63, 3.8) is 0 Å². The Morgan fingerprint density at radius 2 is 2.10 bits per heavy atom. The second-order valence-electron chi connectivity index (χ2n) is 4.34. The van der Waals surface area contributed by atoms with E-state index in [4.69, 9.17) is 23.2 Å². The highest BCUT2D eigenvalue weighted by atomic mass is 35.5. The normalized spacial score (nSPS) is 11.2. The largest absolute Gasteiger partial charge is 0.307 e. The van der Waals surface area contributed by atoms with Crippen molar-refractivity contribution in [3.05, 3.63) is 58.8 Å². The molecule has 0 spiro atoms. The van der Waals surface area contributed by atoms with E-state index in [1.54, 1.807) is 18.3 Å². The van der Waals surface area contributed by atoms with Gasteiger partial charge in [-0.15, -0.1) is 11.6 Å². The Morgan fingerprint density at radius 3 is 2.85 bits per heavy atom. The third-order valence-corrected chi connectivity index (χ3v) is 3.56. The van der Waals surface area contributed by atoms with Crippen molar-refractivity contribution < 1.29 is 4.39 Å². The van der Waals surface area contributed by atoms with Crippen LogP contribution in [0.3, 0.4) is 0 Å². The van der Waals surface area contributed by atoms with E-state index >= 15 is 0 Å². The molecule has 1 aromatic carbocycles. The van der Waals surface area contributed by atoms with Gasteiger partial charge in [-0.3, -0.25) is 0 Å². The smallest absolute Gasteiger partial charge is 0.160 e. The summed E-state index contributed by atoms with van der Waals surface area (Å²) in [4.78, 5) is 8.75. The van der Waals surface area contributed by atoms with Crippen LogP contribution in [0.4, 0.5) is 4.39 Å². The maximum absolute atomic E-state index is 13.2. The van der Waals surface area contributed by atoms with Crippen LogP contribution >= 0.6 is 23.2 Å². The van der Waals surface area contributed by atoms with Crippen molar-refractivity contribution in [3.8, 4) is 0 Å². The lowest BCUT2D eigenvalue weighted by atomic mass is 10.2. The van der Waals surface area contributed by atoms with Gasteiger partial charge in [-0.25, -0.2) is 14.4 Å². The van der Waals surface area contributed by atoms with Crippen molar-refractivity contribution in [2.75, 3.05) is 0 Å². The molecule has 2 heterocycles. The summed E-state index contributed by atoms with van der Waals surface area (Å²) in [5.41, 5.74) is 2.41. The molecule has 3 rings (SSSR count). The van der Waals surface area contributed by atoms with Crippen LogP contribution in [0.1, 0.15) is 11.4 Å². The molecule has 102 valence electrons. The number of benzene rings is 1.